The van der Waals surface area contributed by atoms with Crippen LogP contribution in [-0.2, 0) is 11.8 Å². The zero-order valence-electron chi connectivity index (χ0n) is 16.3. The minimum atomic E-state index is -0.192. The lowest BCUT2D eigenvalue weighted by Gasteiger charge is -2.35. The highest BCUT2D eigenvalue weighted by Crippen LogP contribution is 2.31. The van der Waals surface area contributed by atoms with E-state index in [0.29, 0.717) is 25.4 Å². The Balaban J connectivity index is 1.64. The first-order valence-electron chi connectivity index (χ1n) is 9.30. The molecule has 1 saturated heterocycles. The Bertz CT molecular complexity index is 978. The molecular weight excluding hydrogens is 356 g/mol. The van der Waals surface area contributed by atoms with Crippen molar-refractivity contribution in [2.45, 2.75) is 19.9 Å². The molecule has 3 aromatic rings. The van der Waals surface area contributed by atoms with E-state index in [2.05, 4.69) is 10.4 Å². The summed E-state index contributed by atoms with van der Waals surface area (Å²) in [6, 6.07) is 9.65. The van der Waals surface area contributed by atoms with E-state index >= 15 is 0 Å². The average molecular weight is 380 g/mol. The summed E-state index contributed by atoms with van der Waals surface area (Å²) in [4.78, 5) is 14.8. The highest BCUT2D eigenvalue weighted by Gasteiger charge is 2.33. The number of aryl methyl sites for hydroxylation is 2. The average Bonchev–Trinajstić information content (AvgIpc) is 3.24. The van der Waals surface area contributed by atoms with Crippen molar-refractivity contribution < 1.29 is 9.53 Å². The second-order valence-electron chi connectivity index (χ2n) is 6.95. The number of hydrogen-bond acceptors (Lipinski definition) is 4. The number of ether oxygens (including phenoxy) is 1. The van der Waals surface area contributed by atoms with Crippen molar-refractivity contribution in [3.05, 3.63) is 59.7 Å². The van der Waals surface area contributed by atoms with Gasteiger partial charge in [-0.15, -0.1) is 0 Å². The molecule has 1 N–H and O–H groups in total. The van der Waals surface area contributed by atoms with Crippen LogP contribution in [0.5, 0.6) is 0 Å². The van der Waals surface area contributed by atoms with Gasteiger partial charge < -0.3 is 15.0 Å². The predicted octanol–water partition coefficient (Wildman–Crippen LogP) is 2.83. The quantitative estimate of drug-likeness (QED) is 0.758. The van der Waals surface area contributed by atoms with Crippen molar-refractivity contribution in [3.8, 4) is 5.69 Å². The van der Waals surface area contributed by atoms with E-state index in [1.165, 1.54) is 0 Å². The summed E-state index contributed by atoms with van der Waals surface area (Å²) in [7, 11) is 1.82. The molecule has 2 amide bonds. The van der Waals surface area contributed by atoms with Crippen LogP contribution in [0.25, 0.3) is 5.69 Å². The van der Waals surface area contributed by atoms with Gasteiger partial charge in [-0.25, -0.2) is 9.48 Å². The molecule has 8 nitrogen and oxygen atoms in total. The SMILES string of the molecule is Cc1nn(-c2ccccc2)c(C)c1[C@H]1COCCN1C(=O)Nc1cnn(C)c1. The number of aromatic nitrogens is 4. The molecule has 0 saturated carbocycles. The molecule has 146 valence electrons. The fraction of sp³-hybridized carbons (Fsp3) is 0.350. The summed E-state index contributed by atoms with van der Waals surface area (Å²) in [5, 5.41) is 11.8. The number of nitrogens with one attached hydrogen (secondary N) is 1. The first-order chi connectivity index (χ1) is 13.5. The molecule has 1 aliphatic rings. The number of amides is 2. The van der Waals surface area contributed by atoms with E-state index in [-0.39, 0.29) is 12.1 Å². The van der Waals surface area contributed by atoms with Gasteiger partial charge in [0, 0.05) is 31.0 Å². The van der Waals surface area contributed by atoms with Crippen molar-refractivity contribution in [1.29, 1.82) is 0 Å². The number of carbonyl (C=O) groups excluding carboxylic acids is 1. The number of benzene rings is 1. The van der Waals surface area contributed by atoms with Gasteiger partial charge in [0.1, 0.15) is 0 Å². The van der Waals surface area contributed by atoms with E-state index in [1.54, 1.807) is 17.1 Å². The van der Waals surface area contributed by atoms with E-state index in [1.807, 2.05) is 60.8 Å². The van der Waals surface area contributed by atoms with Crippen LogP contribution < -0.4 is 5.32 Å². The third-order valence-electron chi connectivity index (χ3n) is 5.03. The highest BCUT2D eigenvalue weighted by atomic mass is 16.5. The zero-order chi connectivity index (χ0) is 19.7. The van der Waals surface area contributed by atoms with Gasteiger partial charge in [0.05, 0.1) is 42.5 Å². The van der Waals surface area contributed by atoms with Crippen molar-refractivity contribution in [2.24, 2.45) is 7.05 Å². The van der Waals surface area contributed by atoms with Crippen LogP contribution in [0.15, 0.2) is 42.7 Å². The first kappa shape index (κ1) is 18.2. The lowest BCUT2D eigenvalue weighted by Crippen LogP contribution is -2.45. The smallest absolute Gasteiger partial charge is 0.322 e. The number of anilines is 1. The van der Waals surface area contributed by atoms with Crippen molar-refractivity contribution in [1.82, 2.24) is 24.5 Å². The van der Waals surface area contributed by atoms with Gasteiger partial charge in [-0.2, -0.15) is 10.2 Å². The molecule has 0 spiro atoms. The van der Waals surface area contributed by atoms with E-state index in [0.717, 1.165) is 22.6 Å². The Morgan fingerprint density at radius 1 is 1.25 bits per heavy atom. The summed E-state index contributed by atoms with van der Waals surface area (Å²) in [5.74, 6) is 0. The second-order valence-corrected chi connectivity index (χ2v) is 6.95. The lowest BCUT2D eigenvalue weighted by molar-refractivity contribution is 0.0143. The van der Waals surface area contributed by atoms with E-state index < -0.39 is 0 Å². The summed E-state index contributed by atoms with van der Waals surface area (Å²) >= 11 is 0. The standard InChI is InChI=1S/C20H24N6O2/c1-14-19(15(2)26(23-14)17-7-5-4-6-8-17)18-13-28-10-9-25(18)20(27)22-16-11-21-24(3)12-16/h4-8,11-12,18H,9-10,13H2,1-3H3,(H,22,27)/t18-/m1/s1. The van der Waals surface area contributed by atoms with Gasteiger partial charge >= 0.3 is 6.03 Å². The maximum atomic E-state index is 13.0. The first-order valence-corrected chi connectivity index (χ1v) is 9.30. The zero-order valence-corrected chi connectivity index (χ0v) is 16.3. The number of hydrogen-bond donors (Lipinski definition) is 1. The van der Waals surface area contributed by atoms with Crippen molar-refractivity contribution >= 4 is 11.7 Å². The summed E-state index contributed by atoms with van der Waals surface area (Å²) in [6.45, 7) is 5.50. The monoisotopic (exact) mass is 380 g/mol. The van der Waals surface area contributed by atoms with Crippen LogP contribution in [0.3, 0.4) is 0 Å². The predicted molar refractivity (Wildman–Crippen MR) is 106 cm³/mol. The largest absolute Gasteiger partial charge is 0.377 e. The minimum Gasteiger partial charge on any atom is -0.377 e. The topological polar surface area (TPSA) is 77.2 Å². The summed E-state index contributed by atoms with van der Waals surface area (Å²) in [5.41, 5.74) is 4.61. The second kappa shape index (κ2) is 7.47. The number of morpholine rings is 1. The van der Waals surface area contributed by atoms with Gasteiger partial charge in [0.25, 0.3) is 0 Å². The maximum Gasteiger partial charge on any atom is 0.322 e. The minimum absolute atomic E-state index is 0.160. The molecule has 1 fully saturated rings. The molecule has 1 atom stereocenters. The van der Waals surface area contributed by atoms with E-state index in [9.17, 15) is 4.79 Å². The Hall–Kier alpha value is -3.13. The van der Waals surface area contributed by atoms with Crippen LogP contribution in [0, 0.1) is 13.8 Å². The number of carbonyl (C=O) groups is 1. The molecule has 2 aromatic heterocycles. The van der Waals surface area contributed by atoms with Gasteiger partial charge in [-0.05, 0) is 26.0 Å². The van der Waals surface area contributed by atoms with Crippen LogP contribution in [0.2, 0.25) is 0 Å². The van der Waals surface area contributed by atoms with Gasteiger partial charge in [0.2, 0.25) is 0 Å². The Kier molecular flexibility index (Phi) is 4.87. The Morgan fingerprint density at radius 2 is 2.04 bits per heavy atom. The normalized spacial score (nSPS) is 17.0. The molecule has 28 heavy (non-hydrogen) atoms. The fourth-order valence-electron chi connectivity index (χ4n) is 3.72. The third kappa shape index (κ3) is 3.38. The molecule has 8 heteroatoms. The molecule has 0 aliphatic carbocycles. The van der Waals surface area contributed by atoms with Crippen LogP contribution in [0.1, 0.15) is 23.0 Å². The molecule has 1 aliphatic heterocycles. The fourth-order valence-corrected chi connectivity index (χ4v) is 3.72. The van der Waals surface area contributed by atoms with Gasteiger partial charge in [-0.3, -0.25) is 4.68 Å². The van der Waals surface area contributed by atoms with Crippen LogP contribution in [0.4, 0.5) is 10.5 Å². The number of rotatable bonds is 3. The number of nitrogens with zero attached hydrogens (tertiary/aromatic N) is 5. The molecule has 3 heterocycles. The van der Waals surface area contributed by atoms with Gasteiger partial charge in [0.15, 0.2) is 0 Å². The maximum absolute atomic E-state index is 13.0. The third-order valence-corrected chi connectivity index (χ3v) is 5.03. The Morgan fingerprint density at radius 3 is 2.75 bits per heavy atom. The highest BCUT2D eigenvalue weighted by molar-refractivity contribution is 5.89. The molecule has 1 aromatic carbocycles. The summed E-state index contributed by atoms with van der Waals surface area (Å²) < 4.78 is 9.31. The lowest BCUT2D eigenvalue weighted by atomic mass is 10.0. The number of para-hydroxylation sites is 1. The number of urea groups is 1. The van der Waals surface area contributed by atoms with Crippen molar-refractivity contribution in [3.63, 3.8) is 0 Å². The molecule has 0 unspecified atom stereocenters. The van der Waals surface area contributed by atoms with Crippen molar-refractivity contribution in [2.75, 3.05) is 25.1 Å². The molecule has 0 radical (unpaired) electrons. The van der Waals surface area contributed by atoms with Crippen LogP contribution in [-0.4, -0.2) is 50.3 Å². The molecular formula is C20H24N6O2. The van der Waals surface area contributed by atoms with Crippen LogP contribution >= 0.6 is 0 Å². The molecule has 0 bridgehead atoms. The van der Waals surface area contributed by atoms with Gasteiger partial charge in [-0.1, -0.05) is 18.2 Å². The Labute approximate surface area is 163 Å². The molecule has 4 rings (SSSR count). The van der Waals surface area contributed by atoms with E-state index in [4.69, 9.17) is 9.84 Å². The summed E-state index contributed by atoms with van der Waals surface area (Å²) in [6.07, 6.45) is 3.41.